The minimum absolute atomic E-state index is 0.323. The average molecular weight is 393 g/mol. The number of thiazole rings is 1. The first-order valence-corrected chi connectivity index (χ1v) is 9.22. The average Bonchev–Trinajstić information content (AvgIpc) is 3.14. The predicted octanol–water partition coefficient (Wildman–Crippen LogP) is 3.92. The summed E-state index contributed by atoms with van der Waals surface area (Å²) in [5.74, 6) is 0. The van der Waals surface area contributed by atoms with Crippen molar-refractivity contribution >= 4 is 11.3 Å². The highest BCUT2D eigenvalue weighted by Gasteiger charge is 2.34. The summed E-state index contributed by atoms with van der Waals surface area (Å²) in [7, 11) is 0. The van der Waals surface area contributed by atoms with Gasteiger partial charge in [0.25, 0.3) is 0 Å². The molecule has 0 saturated carbocycles. The van der Waals surface area contributed by atoms with Crippen molar-refractivity contribution in [3.63, 3.8) is 0 Å². The highest BCUT2D eigenvalue weighted by molar-refractivity contribution is 7.10. The molecule has 0 radical (unpaired) electrons. The third kappa shape index (κ3) is 5.59. The Bertz CT molecular complexity index is 851. The predicted molar refractivity (Wildman–Crippen MR) is 98.2 cm³/mol. The van der Waals surface area contributed by atoms with E-state index in [1.54, 1.807) is 24.5 Å². The molecule has 8 heteroatoms. The summed E-state index contributed by atoms with van der Waals surface area (Å²) in [5, 5.41) is 13.6. The summed E-state index contributed by atoms with van der Waals surface area (Å²) >= 11 is 0.595. The van der Waals surface area contributed by atoms with Gasteiger partial charge in [0.1, 0.15) is 6.23 Å². The number of nitrogens with one attached hydrogen (secondary N) is 1. The van der Waals surface area contributed by atoms with E-state index in [0.29, 0.717) is 42.0 Å². The molecule has 0 bridgehead atoms. The number of hydrogen-bond acceptors (Lipinski definition) is 5. The van der Waals surface area contributed by atoms with E-state index >= 15 is 0 Å². The van der Waals surface area contributed by atoms with Gasteiger partial charge in [-0.1, -0.05) is 30.3 Å². The normalized spacial score (nSPS) is 12.9. The summed E-state index contributed by atoms with van der Waals surface area (Å²) in [4.78, 5) is 7.66. The lowest BCUT2D eigenvalue weighted by molar-refractivity contribution is -0.137. The van der Waals surface area contributed by atoms with Crippen LogP contribution in [-0.4, -0.2) is 27.8 Å². The molecule has 0 amide bonds. The number of benzene rings is 1. The monoisotopic (exact) mass is 393 g/mol. The van der Waals surface area contributed by atoms with Crippen LogP contribution in [0.4, 0.5) is 13.2 Å². The molecule has 3 rings (SSSR count). The van der Waals surface area contributed by atoms with E-state index in [4.69, 9.17) is 0 Å². The highest BCUT2D eigenvalue weighted by atomic mass is 32.1. The summed E-state index contributed by atoms with van der Waals surface area (Å²) in [6.45, 7) is 0.579. The molecule has 3 aromatic rings. The molecule has 0 fully saturated rings. The summed E-state index contributed by atoms with van der Waals surface area (Å²) in [6.07, 6.45) is -0.517. The topological polar surface area (TPSA) is 58.0 Å². The van der Waals surface area contributed by atoms with Crippen LogP contribution in [0.15, 0.2) is 54.2 Å². The Labute approximate surface area is 158 Å². The molecule has 0 aliphatic carbocycles. The maximum Gasteiger partial charge on any atom is 0.443 e. The van der Waals surface area contributed by atoms with E-state index in [2.05, 4.69) is 15.3 Å². The number of pyridine rings is 1. The van der Waals surface area contributed by atoms with Gasteiger partial charge in [-0.05, 0) is 23.6 Å². The zero-order valence-corrected chi connectivity index (χ0v) is 15.1. The molecule has 2 N–H and O–H groups in total. The summed E-state index contributed by atoms with van der Waals surface area (Å²) in [6, 6.07) is 11.0. The first-order valence-electron chi connectivity index (χ1n) is 8.34. The molecule has 142 valence electrons. The molecule has 0 spiro atoms. The van der Waals surface area contributed by atoms with Gasteiger partial charge in [0.05, 0.1) is 5.69 Å². The van der Waals surface area contributed by atoms with Crippen molar-refractivity contribution in [3.8, 4) is 11.3 Å². The largest absolute Gasteiger partial charge is 0.443 e. The number of nitrogens with zero attached hydrogens (tertiary/aromatic N) is 2. The van der Waals surface area contributed by atoms with Crippen LogP contribution < -0.4 is 5.32 Å². The van der Waals surface area contributed by atoms with Crippen molar-refractivity contribution < 1.29 is 18.3 Å². The molecule has 2 heterocycles. The van der Waals surface area contributed by atoms with Crippen LogP contribution in [0.5, 0.6) is 0 Å². The Hall–Kier alpha value is -2.29. The lowest BCUT2D eigenvalue weighted by atomic mass is 10.1. The van der Waals surface area contributed by atoms with E-state index in [1.165, 1.54) is 5.38 Å². The van der Waals surface area contributed by atoms with Crippen LogP contribution >= 0.6 is 11.3 Å². The van der Waals surface area contributed by atoms with Crippen molar-refractivity contribution in [2.75, 3.05) is 6.54 Å². The van der Waals surface area contributed by atoms with Crippen LogP contribution in [0.1, 0.15) is 16.1 Å². The van der Waals surface area contributed by atoms with Gasteiger partial charge in [0, 0.05) is 36.3 Å². The Morgan fingerprint density at radius 3 is 2.52 bits per heavy atom. The highest BCUT2D eigenvalue weighted by Crippen LogP contribution is 2.34. The van der Waals surface area contributed by atoms with Gasteiger partial charge < -0.3 is 5.11 Å². The summed E-state index contributed by atoms with van der Waals surface area (Å²) < 4.78 is 37.9. The quantitative estimate of drug-likeness (QED) is 0.598. The zero-order valence-electron chi connectivity index (χ0n) is 14.3. The first-order chi connectivity index (χ1) is 12.9. The van der Waals surface area contributed by atoms with Crippen LogP contribution in [-0.2, 0) is 19.0 Å². The second-order valence-electron chi connectivity index (χ2n) is 6.02. The number of aliphatic hydroxyl groups excluding tert-OH is 1. The molecule has 2 aromatic heterocycles. The molecule has 0 aliphatic heterocycles. The molecule has 4 nitrogen and oxygen atoms in total. The minimum atomic E-state index is -4.41. The van der Waals surface area contributed by atoms with Gasteiger partial charge in [0.2, 0.25) is 0 Å². The lowest BCUT2D eigenvalue weighted by Crippen LogP contribution is -2.32. The molecular formula is C19H18F3N3OS. The lowest BCUT2D eigenvalue weighted by Gasteiger charge is -2.12. The zero-order chi connectivity index (χ0) is 19.3. The van der Waals surface area contributed by atoms with Crippen LogP contribution in [0.3, 0.4) is 0 Å². The first kappa shape index (κ1) is 19.5. The number of aromatic nitrogens is 2. The SMILES string of the molecule is O[C@H](Cc1cccnc1)NCCc1ccc(-c2csc(C(F)(F)F)n2)cc1. The van der Waals surface area contributed by atoms with Crippen molar-refractivity contribution in [1.82, 2.24) is 15.3 Å². The molecule has 1 aromatic carbocycles. The second-order valence-corrected chi connectivity index (χ2v) is 6.88. The summed E-state index contributed by atoms with van der Waals surface area (Å²) in [5.41, 5.74) is 2.94. The van der Waals surface area contributed by atoms with Crippen LogP contribution in [0.2, 0.25) is 0 Å². The van der Waals surface area contributed by atoms with E-state index in [9.17, 15) is 18.3 Å². The standard InChI is InChI=1S/C19H18F3N3OS/c20-19(21,22)18-25-16(12-27-18)15-5-3-13(4-6-15)7-9-24-17(26)10-14-2-1-8-23-11-14/h1-6,8,11-12,17,24,26H,7,9-10H2/t17-/m1/s1. The molecule has 1 atom stereocenters. The van der Waals surface area contributed by atoms with Crippen LogP contribution in [0.25, 0.3) is 11.3 Å². The van der Waals surface area contributed by atoms with Gasteiger partial charge in [-0.15, -0.1) is 11.3 Å². The van der Waals surface area contributed by atoms with E-state index in [0.717, 1.165) is 11.1 Å². The Kier molecular flexibility index (Phi) is 6.20. The number of halogens is 3. The third-order valence-corrected chi connectivity index (χ3v) is 4.83. The minimum Gasteiger partial charge on any atom is -0.378 e. The van der Waals surface area contributed by atoms with E-state index in [-0.39, 0.29) is 0 Å². The van der Waals surface area contributed by atoms with Gasteiger partial charge >= 0.3 is 6.18 Å². The Morgan fingerprint density at radius 2 is 1.89 bits per heavy atom. The fourth-order valence-corrected chi connectivity index (χ4v) is 3.27. The molecule has 0 aliphatic rings. The van der Waals surface area contributed by atoms with Crippen molar-refractivity contribution in [1.29, 1.82) is 0 Å². The number of alkyl halides is 3. The maximum absolute atomic E-state index is 12.6. The molecule has 27 heavy (non-hydrogen) atoms. The second kappa shape index (κ2) is 8.60. The molecule has 0 unspecified atom stereocenters. The third-order valence-electron chi connectivity index (χ3n) is 3.94. The van der Waals surface area contributed by atoms with E-state index < -0.39 is 17.4 Å². The number of rotatable bonds is 7. The van der Waals surface area contributed by atoms with Gasteiger partial charge in [-0.2, -0.15) is 13.2 Å². The molecular weight excluding hydrogens is 375 g/mol. The van der Waals surface area contributed by atoms with Crippen molar-refractivity contribution in [2.24, 2.45) is 0 Å². The van der Waals surface area contributed by atoms with Crippen molar-refractivity contribution in [3.05, 3.63) is 70.3 Å². The Balaban J connectivity index is 1.50. The number of aliphatic hydroxyl groups is 1. The fourth-order valence-electron chi connectivity index (χ4n) is 2.58. The van der Waals surface area contributed by atoms with Crippen LogP contribution in [0, 0.1) is 0 Å². The van der Waals surface area contributed by atoms with E-state index in [1.807, 2.05) is 24.3 Å². The maximum atomic E-state index is 12.6. The van der Waals surface area contributed by atoms with Gasteiger partial charge in [-0.25, -0.2) is 4.98 Å². The Morgan fingerprint density at radius 1 is 1.11 bits per heavy atom. The van der Waals surface area contributed by atoms with Crippen molar-refractivity contribution in [2.45, 2.75) is 25.2 Å². The smallest absolute Gasteiger partial charge is 0.378 e. The van der Waals surface area contributed by atoms with Gasteiger partial charge in [0.15, 0.2) is 5.01 Å². The number of hydrogen-bond donors (Lipinski definition) is 2. The van der Waals surface area contributed by atoms with Gasteiger partial charge in [-0.3, -0.25) is 10.3 Å². The fraction of sp³-hybridized carbons (Fsp3) is 0.263. The molecule has 0 saturated heterocycles.